The summed E-state index contributed by atoms with van der Waals surface area (Å²) >= 11 is 0. The summed E-state index contributed by atoms with van der Waals surface area (Å²) in [6.45, 7) is 0. The summed E-state index contributed by atoms with van der Waals surface area (Å²) in [5.41, 5.74) is 0.0680. The molecule has 1 rings (SSSR count). The van der Waals surface area contributed by atoms with Crippen molar-refractivity contribution in [3.63, 3.8) is 0 Å². The van der Waals surface area contributed by atoms with Gasteiger partial charge in [-0.2, -0.15) is 0 Å². The normalized spacial score (nSPS) is 15.3. The zero-order valence-corrected chi connectivity index (χ0v) is 9.56. The molecule has 0 heterocycles. The SMILES string of the molecule is COC(=O)/C=C(\C(=O)OC)C1=CC=CCC1=O. The van der Waals surface area contributed by atoms with Crippen molar-refractivity contribution in [2.24, 2.45) is 0 Å². The second-order valence-corrected chi connectivity index (χ2v) is 3.21. The van der Waals surface area contributed by atoms with Gasteiger partial charge in [-0.15, -0.1) is 0 Å². The molecule has 1 aliphatic carbocycles. The van der Waals surface area contributed by atoms with Crippen molar-refractivity contribution in [2.75, 3.05) is 14.2 Å². The van der Waals surface area contributed by atoms with Crippen LogP contribution < -0.4 is 0 Å². The van der Waals surface area contributed by atoms with Gasteiger partial charge in [0.1, 0.15) is 0 Å². The van der Waals surface area contributed by atoms with Gasteiger partial charge in [0.2, 0.25) is 0 Å². The molecular formula is C12H12O5. The summed E-state index contributed by atoms with van der Waals surface area (Å²) in [6.07, 6.45) is 5.93. The molecule has 0 N–H and O–H groups in total. The Labute approximate surface area is 98.4 Å². The Balaban J connectivity index is 3.15. The minimum atomic E-state index is -0.745. The lowest BCUT2D eigenvalue weighted by molar-refractivity contribution is -0.138. The first-order chi connectivity index (χ1) is 8.10. The zero-order valence-electron chi connectivity index (χ0n) is 9.56. The standard InChI is InChI=1S/C12H12O5/c1-16-11(14)7-9(12(15)17-2)8-5-3-4-6-10(8)13/h3-5,7H,6H2,1-2H3/b9-7-. The predicted molar refractivity (Wildman–Crippen MR) is 59.0 cm³/mol. The van der Waals surface area contributed by atoms with E-state index in [9.17, 15) is 14.4 Å². The summed E-state index contributed by atoms with van der Waals surface area (Å²) in [7, 11) is 2.36. The summed E-state index contributed by atoms with van der Waals surface area (Å²) < 4.78 is 8.95. The van der Waals surface area contributed by atoms with Gasteiger partial charge in [-0.1, -0.05) is 18.2 Å². The van der Waals surface area contributed by atoms with Crippen LogP contribution in [0.3, 0.4) is 0 Å². The van der Waals surface area contributed by atoms with Crippen molar-refractivity contribution >= 4 is 17.7 Å². The lowest BCUT2D eigenvalue weighted by Crippen LogP contribution is -2.16. The third-order valence-electron chi connectivity index (χ3n) is 2.16. The van der Waals surface area contributed by atoms with E-state index in [4.69, 9.17) is 0 Å². The summed E-state index contributed by atoms with van der Waals surface area (Å²) in [5.74, 6) is -1.70. The van der Waals surface area contributed by atoms with E-state index < -0.39 is 11.9 Å². The molecule has 90 valence electrons. The van der Waals surface area contributed by atoms with Gasteiger partial charge in [-0.3, -0.25) is 4.79 Å². The maximum Gasteiger partial charge on any atom is 0.338 e. The molecule has 0 fully saturated rings. The van der Waals surface area contributed by atoms with E-state index in [0.717, 1.165) is 6.08 Å². The molecule has 0 aliphatic heterocycles. The fraction of sp³-hybridized carbons (Fsp3) is 0.250. The topological polar surface area (TPSA) is 69.7 Å². The fourth-order valence-electron chi connectivity index (χ4n) is 1.32. The molecule has 0 saturated carbocycles. The Morgan fingerprint density at radius 2 is 2.00 bits per heavy atom. The number of carbonyl (C=O) groups is 3. The Kier molecular flexibility index (Phi) is 4.39. The lowest BCUT2D eigenvalue weighted by atomic mass is 9.95. The zero-order chi connectivity index (χ0) is 12.8. The maximum atomic E-state index is 11.6. The van der Waals surface area contributed by atoms with Crippen LogP contribution >= 0.6 is 0 Å². The predicted octanol–water partition coefficient (Wildman–Crippen LogP) is 0.714. The Hall–Kier alpha value is -2.17. The monoisotopic (exact) mass is 236 g/mol. The van der Waals surface area contributed by atoms with Crippen molar-refractivity contribution in [3.05, 3.63) is 35.5 Å². The highest BCUT2D eigenvalue weighted by Crippen LogP contribution is 2.18. The number of ether oxygens (including phenoxy) is 2. The maximum absolute atomic E-state index is 11.6. The smallest absolute Gasteiger partial charge is 0.338 e. The number of allylic oxidation sites excluding steroid dienone is 3. The Morgan fingerprint density at radius 1 is 1.29 bits per heavy atom. The van der Waals surface area contributed by atoms with Gasteiger partial charge in [0.15, 0.2) is 5.78 Å². The van der Waals surface area contributed by atoms with Crippen LogP contribution in [0.4, 0.5) is 0 Å². The van der Waals surface area contributed by atoms with Crippen LogP contribution in [0, 0.1) is 0 Å². The highest BCUT2D eigenvalue weighted by Gasteiger charge is 2.22. The number of methoxy groups -OCH3 is 2. The van der Waals surface area contributed by atoms with Crippen molar-refractivity contribution in [1.82, 2.24) is 0 Å². The van der Waals surface area contributed by atoms with Crippen LogP contribution in [0.25, 0.3) is 0 Å². The van der Waals surface area contributed by atoms with E-state index in [1.807, 2.05) is 0 Å². The molecule has 0 radical (unpaired) electrons. The third-order valence-corrected chi connectivity index (χ3v) is 2.16. The van der Waals surface area contributed by atoms with E-state index in [2.05, 4.69) is 9.47 Å². The molecule has 0 spiro atoms. The van der Waals surface area contributed by atoms with Crippen LogP contribution in [0.5, 0.6) is 0 Å². The molecule has 0 bridgehead atoms. The van der Waals surface area contributed by atoms with Gasteiger partial charge in [-0.25, -0.2) is 9.59 Å². The number of Topliss-reactive ketones (excluding diaryl/α,β-unsaturated/α-hetero) is 1. The van der Waals surface area contributed by atoms with Crippen LogP contribution in [0.15, 0.2) is 35.5 Å². The van der Waals surface area contributed by atoms with Crippen LogP contribution in [0.2, 0.25) is 0 Å². The van der Waals surface area contributed by atoms with Crippen molar-refractivity contribution in [2.45, 2.75) is 6.42 Å². The van der Waals surface area contributed by atoms with Gasteiger partial charge in [0.25, 0.3) is 0 Å². The molecule has 0 amide bonds. The molecular weight excluding hydrogens is 224 g/mol. The molecule has 5 heteroatoms. The average Bonchev–Trinajstić information content (AvgIpc) is 2.35. The van der Waals surface area contributed by atoms with Gasteiger partial charge in [-0.05, 0) is 0 Å². The molecule has 5 nitrogen and oxygen atoms in total. The van der Waals surface area contributed by atoms with Crippen molar-refractivity contribution in [1.29, 1.82) is 0 Å². The van der Waals surface area contributed by atoms with E-state index in [0.29, 0.717) is 0 Å². The number of esters is 2. The van der Waals surface area contributed by atoms with Crippen molar-refractivity contribution in [3.8, 4) is 0 Å². The molecule has 0 aromatic rings. The molecule has 0 atom stereocenters. The Bertz CT molecular complexity index is 440. The molecule has 0 unspecified atom stereocenters. The van der Waals surface area contributed by atoms with E-state index in [1.165, 1.54) is 20.3 Å². The quantitative estimate of drug-likeness (QED) is 0.533. The number of ketones is 1. The number of carbonyl (C=O) groups excluding carboxylic acids is 3. The molecule has 0 saturated heterocycles. The van der Waals surface area contributed by atoms with E-state index >= 15 is 0 Å². The van der Waals surface area contributed by atoms with E-state index in [-0.39, 0.29) is 23.4 Å². The highest BCUT2D eigenvalue weighted by molar-refractivity contribution is 6.13. The summed E-state index contributed by atoms with van der Waals surface area (Å²) in [5, 5.41) is 0. The minimum Gasteiger partial charge on any atom is -0.466 e. The highest BCUT2D eigenvalue weighted by atomic mass is 16.5. The van der Waals surface area contributed by atoms with Gasteiger partial charge < -0.3 is 9.47 Å². The number of hydrogen-bond acceptors (Lipinski definition) is 5. The second-order valence-electron chi connectivity index (χ2n) is 3.21. The second kappa shape index (κ2) is 5.79. The van der Waals surface area contributed by atoms with Crippen molar-refractivity contribution < 1.29 is 23.9 Å². The third kappa shape index (κ3) is 3.14. The fourth-order valence-corrected chi connectivity index (χ4v) is 1.32. The van der Waals surface area contributed by atoms with Gasteiger partial charge in [0.05, 0.1) is 19.8 Å². The van der Waals surface area contributed by atoms with Crippen LogP contribution in [-0.2, 0) is 23.9 Å². The summed E-state index contributed by atoms with van der Waals surface area (Å²) in [4.78, 5) is 34.2. The molecule has 17 heavy (non-hydrogen) atoms. The van der Waals surface area contributed by atoms with E-state index in [1.54, 1.807) is 12.2 Å². The van der Waals surface area contributed by atoms with Crippen LogP contribution in [-0.4, -0.2) is 31.9 Å². The first-order valence-corrected chi connectivity index (χ1v) is 4.88. The lowest BCUT2D eigenvalue weighted by Gasteiger charge is -2.10. The summed E-state index contributed by atoms with van der Waals surface area (Å²) in [6, 6.07) is 0. The molecule has 1 aliphatic rings. The van der Waals surface area contributed by atoms with Crippen LogP contribution in [0.1, 0.15) is 6.42 Å². The Morgan fingerprint density at radius 3 is 2.53 bits per heavy atom. The average molecular weight is 236 g/mol. The first-order valence-electron chi connectivity index (χ1n) is 4.88. The molecule has 0 aromatic carbocycles. The molecule has 0 aromatic heterocycles. The minimum absolute atomic E-state index is 0.0892. The largest absolute Gasteiger partial charge is 0.466 e. The van der Waals surface area contributed by atoms with Gasteiger partial charge >= 0.3 is 11.9 Å². The number of rotatable bonds is 3. The number of hydrogen-bond donors (Lipinski definition) is 0. The van der Waals surface area contributed by atoms with Gasteiger partial charge in [0, 0.05) is 18.1 Å². The first kappa shape index (κ1) is 12.9.